The summed E-state index contributed by atoms with van der Waals surface area (Å²) < 4.78 is 4.86. The number of methoxy groups -OCH3 is 1. The highest BCUT2D eigenvalue weighted by Gasteiger charge is 2.33. The number of carbonyl (C=O) groups excluding carboxylic acids is 1. The molecule has 0 saturated carbocycles. The van der Waals surface area contributed by atoms with Gasteiger partial charge in [0.25, 0.3) is 0 Å². The Hall–Kier alpha value is -1.14. The molecule has 1 unspecified atom stereocenters. The summed E-state index contributed by atoms with van der Waals surface area (Å²) in [5.74, 6) is -1.49. The van der Waals surface area contributed by atoms with Crippen LogP contribution in [0.4, 0.5) is 0 Å². The van der Waals surface area contributed by atoms with Crippen LogP contribution < -0.4 is 11.1 Å². The molecule has 0 radical (unpaired) electrons. The molecule has 18 heavy (non-hydrogen) atoms. The predicted octanol–water partition coefficient (Wildman–Crippen LogP) is 0.356. The fraction of sp³-hybridized carbons (Fsp3) is 0.833. The van der Waals surface area contributed by atoms with Gasteiger partial charge in [-0.3, -0.25) is 4.79 Å². The van der Waals surface area contributed by atoms with E-state index in [1.54, 1.807) is 27.9 Å². The Bertz CT molecular complexity index is 286. The van der Waals surface area contributed by atoms with Crippen LogP contribution in [0.15, 0.2) is 0 Å². The molecule has 4 N–H and O–H groups in total. The number of nitrogens with one attached hydrogen (secondary N) is 1. The van der Waals surface area contributed by atoms with E-state index < -0.39 is 29.4 Å². The number of ether oxygens (including phenoxy) is 1. The molecule has 6 nitrogen and oxygen atoms in total. The van der Waals surface area contributed by atoms with E-state index in [9.17, 15) is 9.59 Å². The van der Waals surface area contributed by atoms with Gasteiger partial charge in [0.15, 0.2) is 0 Å². The molecule has 106 valence electrons. The molecule has 6 heteroatoms. The topological polar surface area (TPSA) is 102 Å². The van der Waals surface area contributed by atoms with Gasteiger partial charge in [-0.15, -0.1) is 0 Å². The highest BCUT2D eigenvalue weighted by atomic mass is 16.5. The Kier molecular flexibility index (Phi) is 6.86. The predicted molar refractivity (Wildman–Crippen MR) is 68.1 cm³/mol. The summed E-state index contributed by atoms with van der Waals surface area (Å²) in [5, 5.41) is 11.6. The molecule has 0 spiro atoms. The summed E-state index contributed by atoms with van der Waals surface area (Å²) in [5.41, 5.74) is 5.13. The van der Waals surface area contributed by atoms with Crippen LogP contribution in [0.1, 0.15) is 33.6 Å². The zero-order valence-electron chi connectivity index (χ0n) is 11.5. The van der Waals surface area contributed by atoms with E-state index in [2.05, 4.69) is 5.32 Å². The van der Waals surface area contributed by atoms with Gasteiger partial charge in [-0.2, -0.15) is 0 Å². The molecule has 1 amide bonds. The van der Waals surface area contributed by atoms with Crippen LogP contribution in [0.3, 0.4) is 0 Å². The maximum absolute atomic E-state index is 11.8. The molecule has 2 atom stereocenters. The molecule has 0 aliphatic carbocycles. The Morgan fingerprint density at radius 3 is 2.33 bits per heavy atom. The van der Waals surface area contributed by atoms with Crippen LogP contribution in [0.5, 0.6) is 0 Å². The summed E-state index contributed by atoms with van der Waals surface area (Å²) in [4.78, 5) is 22.8. The lowest BCUT2D eigenvalue weighted by atomic mass is 9.86. The molecule has 0 aliphatic heterocycles. The standard InChI is InChI=1S/C12H24N2O4/c1-12(2,3)9(11(16)17)14-10(15)8(13)6-5-7-18-4/h8-9H,5-7,13H2,1-4H3,(H,14,15)(H,16,17)/t8?,9-/m1/s1. The average molecular weight is 260 g/mol. The van der Waals surface area contributed by atoms with Crippen LogP contribution >= 0.6 is 0 Å². The molecule has 0 bridgehead atoms. The van der Waals surface area contributed by atoms with Crippen LogP contribution in [0, 0.1) is 5.41 Å². The molecule has 0 aromatic carbocycles. The maximum Gasteiger partial charge on any atom is 0.326 e. The first-order valence-electron chi connectivity index (χ1n) is 5.98. The van der Waals surface area contributed by atoms with E-state index in [1.807, 2.05) is 0 Å². The zero-order chi connectivity index (χ0) is 14.3. The van der Waals surface area contributed by atoms with Crippen molar-refractivity contribution < 1.29 is 19.4 Å². The smallest absolute Gasteiger partial charge is 0.326 e. The molecule has 0 aromatic heterocycles. The van der Waals surface area contributed by atoms with E-state index in [-0.39, 0.29) is 0 Å². The first-order chi connectivity index (χ1) is 8.20. The monoisotopic (exact) mass is 260 g/mol. The Morgan fingerprint density at radius 2 is 1.94 bits per heavy atom. The number of amides is 1. The van der Waals surface area contributed by atoms with Gasteiger partial charge in [0.05, 0.1) is 6.04 Å². The van der Waals surface area contributed by atoms with Crippen molar-refractivity contribution >= 4 is 11.9 Å². The van der Waals surface area contributed by atoms with Crippen LogP contribution in [-0.2, 0) is 14.3 Å². The minimum absolute atomic E-state index is 0.437. The first kappa shape index (κ1) is 16.9. The van der Waals surface area contributed by atoms with Crippen molar-refractivity contribution in [3.05, 3.63) is 0 Å². The highest BCUT2D eigenvalue weighted by Crippen LogP contribution is 2.19. The van der Waals surface area contributed by atoms with E-state index in [1.165, 1.54) is 0 Å². The average Bonchev–Trinajstić information content (AvgIpc) is 2.23. The van der Waals surface area contributed by atoms with Gasteiger partial charge < -0.3 is 20.9 Å². The quantitative estimate of drug-likeness (QED) is 0.573. The minimum atomic E-state index is -1.06. The lowest BCUT2D eigenvalue weighted by Gasteiger charge is -2.28. The second-order valence-electron chi connectivity index (χ2n) is 5.39. The van der Waals surface area contributed by atoms with Crippen LogP contribution in [-0.4, -0.2) is 42.8 Å². The number of carboxylic acids is 1. The van der Waals surface area contributed by atoms with Gasteiger partial charge in [0.2, 0.25) is 5.91 Å². The fourth-order valence-corrected chi connectivity index (χ4v) is 1.48. The minimum Gasteiger partial charge on any atom is -0.480 e. The summed E-state index contributed by atoms with van der Waals surface area (Å²) >= 11 is 0. The summed E-state index contributed by atoms with van der Waals surface area (Å²) in [7, 11) is 1.58. The van der Waals surface area contributed by atoms with E-state index >= 15 is 0 Å². The van der Waals surface area contributed by atoms with E-state index in [0.717, 1.165) is 0 Å². The van der Waals surface area contributed by atoms with Gasteiger partial charge in [0.1, 0.15) is 6.04 Å². The van der Waals surface area contributed by atoms with Crippen LogP contribution in [0.25, 0.3) is 0 Å². The van der Waals surface area contributed by atoms with Gasteiger partial charge in [-0.25, -0.2) is 4.79 Å². The Balaban J connectivity index is 4.38. The number of carbonyl (C=O) groups is 2. The number of nitrogens with two attached hydrogens (primary N) is 1. The highest BCUT2D eigenvalue weighted by molar-refractivity contribution is 5.87. The molecule has 0 aliphatic rings. The number of aliphatic carboxylic acids is 1. The van der Waals surface area contributed by atoms with Crippen molar-refractivity contribution in [2.45, 2.75) is 45.7 Å². The third kappa shape index (κ3) is 5.97. The molecular formula is C12H24N2O4. The molecule has 0 heterocycles. The lowest BCUT2D eigenvalue weighted by molar-refractivity contribution is -0.145. The third-order valence-electron chi connectivity index (χ3n) is 2.60. The van der Waals surface area contributed by atoms with Crippen molar-refractivity contribution in [3.63, 3.8) is 0 Å². The number of hydrogen-bond acceptors (Lipinski definition) is 4. The number of carboxylic acid groups (broad SMARTS) is 1. The third-order valence-corrected chi connectivity index (χ3v) is 2.60. The largest absolute Gasteiger partial charge is 0.480 e. The lowest BCUT2D eigenvalue weighted by Crippen LogP contribution is -2.53. The second-order valence-corrected chi connectivity index (χ2v) is 5.39. The van der Waals surface area contributed by atoms with Gasteiger partial charge in [-0.05, 0) is 18.3 Å². The van der Waals surface area contributed by atoms with Crippen molar-refractivity contribution in [1.82, 2.24) is 5.32 Å². The molecule has 0 aromatic rings. The maximum atomic E-state index is 11.8. The first-order valence-corrected chi connectivity index (χ1v) is 5.98. The Morgan fingerprint density at radius 1 is 1.39 bits per heavy atom. The van der Waals surface area contributed by atoms with Crippen molar-refractivity contribution in [3.8, 4) is 0 Å². The summed E-state index contributed by atoms with van der Waals surface area (Å²) in [6.07, 6.45) is 1.13. The molecule has 0 fully saturated rings. The Labute approximate surface area is 108 Å². The number of rotatable bonds is 7. The summed E-state index contributed by atoms with van der Waals surface area (Å²) in [6.45, 7) is 5.79. The fourth-order valence-electron chi connectivity index (χ4n) is 1.48. The summed E-state index contributed by atoms with van der Waals surface area (Å²) in [6, 6.07) is -1.65. The van der Waals surface area contributed by atoms with Gasteiger partial charge in [-0.1, -0.05) is 20.8 Å². The van der Waals surface area contributed by atoms with E-state index in [0.29, 0.717) is 19.4 Å². The van der Waals surface area contributed by atoms with Crippen molar-refractivity contribution in [2.24, 2.45) is 11.1 Å². The molecule has 0 rings (SSSR count). The van der Waals surface area contributed by atoms with Gasteiger partial charge >= 0.3 is 5.97 Å². The van der Waals surface area contributed by atoms with Crippen LogP contribution in [0.2, 0.25) is 0 Å². The van der Waals surface area contributed by atoms with Crippen molar-refractivity contribution in [1.29, 1.82) is 0 Å². The number of hydrogen-bond donors (Lipinski definition) is 3. The molecular weight excluding hydrogens is 236 g/mol. The van der Waals surface area contributed by atoms with E-state index in [4.69, 9.17) is 15.6 Å². The van der Waals surface area contributed by atoms with Gasteiger partial charge in [0, 0.05) is 13.7 Å². The van der Waals surface area contributed by atoms with Crippen molar-refractivity contribution in [2.75, 3.05) is 13.7 Å². The second kappa shape index (κ2) is 7.33. The zero-order valence-corrected chi connectivity index (χ0v) is 11.5. The SMILES string of the molecule is COCCCC(N)C(=O)N[C@H](C(=O)O)C(C)(C)C. The normalized spacial score (nSPS) is 14.9. The molecule has 0 saturated heterocycles.